The average Bonchev–Trinajstić information content (AvgIpc) is 2.70. The standard InChI is InChI=1S/C12H20N2/c1-9(2)12-8-14(13-10(12)3)11-6-4-5-7-11/h8-9,11H,4-7H2,1-3H3. The van der Waals surface area contributed by atoms with Crippen molar-refractivity contribution in [3.05, 3.63) is 17.5 Å². The van der Waals surface area contributed by atoms with E-state index in [4.69, 9.17) is 0 Å². The van der Waals surface area contributed by atoms with Crippen molar-refractivity contribution < 1.29 is 0 Å². The van der Waals surface area contributed by atoms with Gasteiger partial charge in [0.15, 0.2) is 0 Å². The summed E-state index contributed by atoms with van der Waals surface area (Å²) in [5, 5.41) is 4.63. The van der Waals surface area contributed by atoms with E-state index >= 15 is 0 Å². The molecule has 0 aliphatic heterocycles. The first kappa shape index (κ1) is 9.75. The zero-order valence-corrected chi connectivity index (χ0v) is 9.45. The summed E-state index contributed by atoms with van der Waals surface area (Å²) in [5.74, 6) is 0.602. The summed E-state index contributed by atoms with van der Waals surface area (Å²) in [6.45, 7) is 6.60. The highest BCUT2D eigenvalue weighted by atomic mass is 15.3. The van der Waals surface area contributed by atoms with Crippen LogP contribution in [-0.2, 0) is 0 Å². The van der Waals surface area contributed by atoms with Crippen LogP contribution in [0, 0.1) is 6.92 Å². The molecule has 1 aromatic heterocycles. The first-order chi connectivity index (χ1) is 6.68. The van der Waals surface area contributed by atoms with Crippen LogP contribution in [0.1, 0.15) is 62.7 Å². The zero-order chi connectivity index (χ0) is 10.1. The Morgan fingerprint density at radius 1 is 1.36 bits per heavy atom. The molecule has 0 spiro atoms. The van der Waals surface area contributed by atoms with E-state index in [0.717, 1.165) is 0 Å². The number of hydrogen-bond acceptors (Lipinski definition) is 1. The Bertz CT molecular complexity index is 306. The maximum absolute atomic E-state index is 4.63. The fourth-order valence-electron chi connectivity index (χ4n) is 2.42. The Labute approximate surface area is 86.3 Å². The van der Waals surface area contributed by atoms with Crippen molar-refractivity contribution in [2.24, 2.45) is 0 Å². The molecule has 1 fully saturated rings. The maximum atomic E-state index is 4.63. The molecule has 1 aliphatic rings. The molecule has 0 amide bonds. The van der Waals surface area contributed by atoms with Crippen LogP contribution in [0.15, 0.2) is 6.20 Å². The predicted molar refractivity (Wildman–Crippen MR) is 58.6 cm³/mol. The summed E-state index contributed by atoms with van der Waals surface area (Å²) >= 11 is 0. The van der Waals surface area contributed by atoms with Crippen molar-refractivity contribution in [3.63, 3.8) is 0 Å². The largest absolute Gasteiger partial charge is 0.269 e. The average molecular weight is 192 g/mol. The topological polar surface area (TPSA) is 17.8 Å². The fourth-order valence-corrected chi connectivity index (χ4v) is 2.42. The third-order valence-corrected chi connectivity index (χ3v) is 3.28. The van der Waals surface area contributed by atoms with Crippen LogP contribution in [-0.4, -0.2) is 9.78 Å². The molecule has 78 valence electrons. The van der Waals surface area contributed by atoms with E-state index in [-0.39, 0.29) is 0 Å². The molecule has 0 saturated heterocycles. The summed E-state index contributed by atoms with van der Waals surface area (Å²) in [6, 6.07) is 0.682. The van der Waals surface area contributed by atoms with Gasteiger partial charge in [-0.2, -0.15) is 5.10 Å². The van der Waals surface area contributed by atoms with Crippen molar-refractivity contribution in [2.45, 2.75) is 58.4 Å². The number of aryl methyl sites for hydroxylation is 1. The molecule has 14 heavy (non-hydrogen) atoms. The normalized spacial score (nSPS) is 18.3. The second-order valence-electron chi connectivity index (χ2n) is 4.74. The van der Waals surface area contributed by atoms with Crippen LogP contribution in [0.25, 0.3) is 0 Å². The zero-order valence-electron chi connectivity index (χ0n) is 9.45. The van der Waals surface area contributed by atoms with Gasteiger partial charge in [0, 0.05) is 6.20 Å². The lowest BCUT2D eigenvalue weighted by atomic mass is 10.1. The molecule has 0 atom stereocenters. The van der Waals surface area contributed by atoms with Gasteiger partial charge in [-0.1, -0.05) is 26.7 Å². The predicted octanol–water partition coefficient (Wildman–Crippen LogP) is 3.43. The summed E-state index contributed by atoms with van der Waals surface area (Å²) in [5.41, 5.74) is 2.63. The molecule has 2 rings (SSSR count). The van der Waals surface area contributed by atoms with Gasteiger partial charge in [0.2, 0.25) is 0 Å². The molecule has 1 saturated carbocycles. The van der Waals surface area contributed by atoms with Crippen LogP contribution in [0.5, 0.6) is 0 Å². The molecule has 0 unspecified atom stereocenters. The number of aromatic nitrogens is 2. The highest BCUT2D eigenvalue weighted by molar-refractivity contribution is 5.19. The Kier molecular flexibility index (Phi) is 2.62. The van der Waals surface area contributed by atoms with E-state index in [2.05, 4.69) is 36.7 Å². The highest BCUT2D eigenvalue weighted by Gasteiger charge is 2.19. The maximum Gasteiger partial charge on any atom is 0.0628 e. The Morgan fingerprint density at radius 2 is 2.00 bits per heavy atom. The van der Waals surface area contributed by atoms with E-state index in [1.54, 1.807) is 0 Å². The van der Waals surface area contributed by atoms with Crippen LogP contribution in [0.2, 0.25) is 0 Å². The van der Waals surface area contributed by atoms with Gasteiger partial charge in [0.1, 0.15) is 0 Å². The monoisotopic (exact) mass is 192 g/mol. The Hall–Kier alpha value is -0.790. The van der Waals surface area contributed by atoms with Crippen LogP contribution >= 0.6 is 0 Å². The quantitative estimate of drug-likeness (QED) is 0.702. The van der Waals surface area contributed by atoms with Gasteiger partial charge >= 0.3 is 0 Å². The minimum absolute atomic E-state index is 0.602. The SMILES string of the molecule is Cc1nn(C2CCCC2)cc1C(C)C. The molecule has 1 heterocycles. The first-order valence-corrected chi connectivity index (χ1v) is 5.74. The first-order valence-electron chi connectivity index (χ1n) is 5.74. The summed E-state index contributed by atoms with van der Waals surface area (Å²) in [4.78, 5) is 0. The number of hydrogen-bond donors (Lipinski definition) is 0. The molecule has 1 aliphatic carbocycles. The van der Waals surface area contributed by atoms with Crippen LogP contribution < -0.4 is 0 Å². The minimum Gasteiger partial charge on any atom is -0.269 e. The van der Waals surface area contributed by atoms with Crippen molar-refractivity contribution >= 4 is 0 Å². The van der Waals surface area contributed by atoms with E-state index in [9.17, 15) is 0 Å². The van der Waals surface area contributed by atoms with Crippen LogP contribution in [0.4, 0.5) is 0 Å². The van der Waals surface area contributed by atoms with Gasteiger partial charge in [-0.25, -0.2) is 0 Å². The summed E-state index contributed by atoms with van der Waals surface area (Å²) in [7, 11) is 0. The molecule has 0 N–H and O–H groups in total. The smallest absolute Gasteiger partial charge is 0.0628 e. The Morgan fingerprint density at radius 3 is 2.50 bits per heavy atom. The third kappa shape index (κ3) is 1.70. The second-order valence-corrected chi connectivity index (χ2v) is 4.74. The molecule has 2 heteroatoms. The van der Waals surface area contributed by atoms with Crippen molar-refractivity contribution in [2.75, 3.05) is 0 Å². The highest BCUT2D eigenvalue weighted by Crippen LogP contribution is 2.30. The summed E-state index contributed by atoms with van der Waals surface area (Å²) < 4.78 is 2.21. The number of nitrogens with zero attached hydrogens (tertiary/aromatic N) is 2. The number of rotatable bonds is 2. The van der Waals surface area contributed by atoms with Crippen molar-refractivity contribution in [1.29, 1.82) is 0 Å². The molecule has 0 radical (unpaired) electrons. The van der Waals surface area contributed by atoms with E-state index in [1.807, 2.05) is 0 Å². The van der Waals surface area contributed by atoms with Gasteiger partial charge in [0.25, 0.3) is 0 Å². The van der Waals surface area contributed by atoms with Gasteiger partial charge in [-0.3, -0.25) is 4.68 Å². The molecular weight excluding hydrogens is 172 g/mol. The summed E-state index contributed by atoms with van der Waals surface area (Å²) in [6.07, 6.45) is 7.65. The lowest BCUT2D eigenvalue weighted by Crippen LogP contribution is -2.04. The van der Waals surface area contributed by atoms with Gasteiger partial charge < -0.3 is 0 Å². The lowest BCUT2D eigenvalue weighted by Gasteiger charge is -2.08. The fraction of sp³-hybridized carbons (Fsp3) is 0.750. The molecule has 0 aromatic carbocycles. The Balaban J connectivity index is 2.22. The van der Waals surface area contributed by atoms with Gasteiger partial charge in [-0.15, -0.1) is 0 Å². The molecular formula is C12H20N2. The van der Waals surface area contributed by atoms with E-state index in [1.165, 1.54) is 36.9 Å². The van der Waals surface area contributed by atoms with Crippen LogP contribution in [0.3, 0.4) is 0 Å². The molecule has 2 nitrogen and oxygen atoms in total. The lowest BCUT2D eigenvalue weighted by molar-refractivity contribution is 0.464. The van der Waals surface area contributed by atoms with Crippen molar-refractivity contribution in [1.82, 2.24) is 9.78 Å². The third-order valence-electron chi connectivity index (χ3n) is 3.28. The minimum atomic E-state index is 0.602. The van der Waals surface area contributed by atoms with E-state index in [0.29, 0.717) is 12.0 Å². The van der Waals surface area contributed by atoms with Crippen molar-refractivity contribution in [3.8, 4) is 0 Å². The second kappa shape index (κ2) is 3.76. The molecule has 1 aromatic rings. The van der Waals surface area contributed by atoms with E-state index < -0.39 is 0 Å². The van der Waals surface area contributed by atoms with Gasteiger partial charge in [-0.05, 0) is 31.2 Å². The molecule has 0 bridgehead atoms. The van der Waals surface area contributed by atoms with Gasteiger partial charge in [0.05, 0.1) is 11.7 Å².